The molecule has 1 aliphatic heterocycles. The minimum Gasteiger partial charge on any atom is -0.379 e. The van der Waals surface area contributed by atoms with Gasteiger partial charge in [-0.1, -0.05) is 0 Å². The van der Waals surface area contributed by atoms with E-state index >= 15 is 0 Å². The first-order chi connectivity index (χ1) is 16.2. The second kappa shape index (κ2) is 9.46. The van der Waals surface area contributed by atoms with Crippen molar-refractivity contribution in [1.82, 2.24) is 19.7 Å². The van der Waals surface area contributed by atoms with Crippen LogP contribution in [0.5, 0.6) is 0 Å². The van der Waals surface area contributed by atoms with Crippen molar-refractivity contribution in [2.45, 2.75) is 95.1 Å². The van der Waals surface area contributed by atoms with Crippen molar-refractivity contribution < 1.29 is 4.74 Å². The third-order valence-corrected chi connectivity index (χ3v) is 8.79. The number of ether oxygens (including phenoxy) is 1. The molecule has 2 aromatic rings. The van der Waals surface area contributed by atoms with Gasteiger partial charge in [-0.05, 0) is 101 Å². The molecular formula is C27H39N5O. The van der Waals surface area contributed by atoms with E-state index in [9.17, 15) is 0 Å². The summed E-state index contributed by atoms with van der Waals surface area (Å²) in [4.78, 5) is 9.92. The molecule has 3 aliphatic carbocycles. The number of nitrogens with zero attached hydrogens (tertiary/aromatic N) is 4. The van der Waals surface area contributed by atoms with Gasteiger partial charge in [0, 0.05) is 36.0 Å². The number of aromatic nitrogens is 4. The van der Waals surface area contributed by atoms with Crippen LogP contribution in [0.4, 0.5) is 0 Å². The number of rotatable bonds is 7. The zero-order chi connectivity index (χ0) is 22.2. The van der Waals surface area contributed by atoms with Crippen molar-refractivity contribution in [1.29, 1.82) is 0 Å². The van der Waals surface area contributed by atoms with E-state index < -0.39 is 0 Å². The second-order valence-corrected chi connectivity index (χ2v) is 11.2. The summed E-state index contributed by atoms with van der Waals surface area (Å²) >= 11 is 0. The predicted octanol–water partition coefficient (Wildman–Crippen LogP) is 5.05. The molecule has 3 atom stereocenters. The van der Waals surface area contributed by atoms with Gasteiger partial charge in [0.2, 0.25) is 0 Å². The van der Waals surface area contributed by atoms with Gasteiger partial charge in [0.15, 0.2) is 0 Å². The zero-order valence-electron chi connectivity index (χ0n) is 19.9. The van der Waals surface area contributed by atoms with Gasteiger partial charge < -0.3 is 10.5 Å². The Kier molecular flexibility index (Phi) is 6.22. The maximum Gasteiger partial charge on any atom is 0.132 e. The third kappa shape index (κ3) is 4.74. The van der Waals surface area contributed by atoms with E-state index in [1.165, 1.54) is 69.0 Å². The van der Waals surface area contributed by atoms with Crippen LogP contribution in [0.25, 0.3) is 11.3 Å². The Bertz CT molecular complexity index is 940. The highest BCUT2D eigenvalue weighted by Crippen LogP contribution is 2.47. The monoisotopic (exact) mass is 449 g/mol. The van der Waals surface area contributed by atoms with E-state index in [0.29, 0.717) is 18.0 Å². The summed E-state index contributed by atoms with van der Waals surface area (Å²) in [6.07, 6.45) is 19.0. The highest BCUT2D eigenvalue weighted by atomic mass is 16.5. The van der Waals surface area contributed by atoms with Crippen LogP contribution in [0.1, 0.15) is 94.1 Å². The quantitative estimate of drug-likeness (QED) is 0.640. The van der Waals surface area contributed by atoms with Crippen molar-refractivity contribution in [2.75, 3.05) is 13.2 Å². The molecule has 3 saturated carbocycles. The molecule has 33 heavy (non-hydrogen) atoms. The molecule has 0 aromatic carbocycles. The topological polar surface area (TPSA) is 78.8 Å². The zero-order valence-corrected chi connectivity index (χ0v) is 19.9. The van der Waals surface area contributed by atoms with Crippen LogP contribution >= 0.6 is 0 Å². The van der Waals surface area contributed by atoms with Gasteiger partial charge in [0.05, 0.1) is 24.5 Å². The Hall–Kier alpha value is -1.79. The molecule has 2 aromatic heterocycles. The first kappa shape index (κ1) is 21.7. The van der Waals surface area contributed by atoms with Crippen LogP contribution in [-0.4, -0.2) is 39.0 Å². The molecule has 178 valence electrons. The summed E-state index contributed by atoms with van der Waals surface area (Å²) in [6, 6.07) is 2.89. The minimum absolute atomic E-state index is 0.363. The van der Waals surface area contributed by atoms with Crippen molar-refractivity contribution in [3.63, 3.8) is 0 Å². The molecule has 2 N–H and O–H groups in total. The second-order valence-electron chi connectivity index (χ2n) is 11.2. The summed E-state index contributed by atoms with van der Waals surface area (Å²) in [5.41, 5.74) is 9.77. The van der Waals surface area contributed by atoms with Gasteiger partial charge in [-0.3, -0.25) is 4.68 Å². The summed E-state index contributed by atoms with van der Waals surface area (Å²) in [7, 11) is 0. The van der Waals surface area contributed by atoms with Crippen LogP contribution < -0.4 is 5.73 Å². The van der Waals surface area contributed by atoms with E-state index in [1.54, 1.807) is 0 Å². The van der Waals surface area contributed by atoms with Crippen LogP contribution in [0.2, 0.25) is 0 Å². The van der Waals surface area contributed by atoms with Crippen molar-refractivity contribution >= 4 is 0 Å². The average Bonchev–Trinajstić information content (AvgIpc) is 3.55. The van der Waals surface area contributed by atoms with Gasteiger partial charge in [-0.25, -0.2) is 9.97 Å². The fourth-order valence-corrected chi connectivity index (χ4v) is 6.38. The lowest BCUT2D eigenvalue weighted by molar-refractivity contribution is 0.0538. The highest BCUT2D eigenvalue weighted by Gasteiger charge is 2.37. The summed E-state index contributed by atoms with van der Waals surface area (Å²) in [5.74, 6) is 3.98. The maximum absolute atomic E-state index is 6.13. The molecule has 4 fully saturated rings. The highest BCUT2D eigenvalue weighted by molar-refractivity contribution is 5.61. The van der Waals surface area contributed by atoms with Gasteiger partial charge in [0.25, 0.3) is 0 Å². The normalized spacial score (nSPS) is 32.5. The fraction of sp³-hybridized carbons (Fsp3) is 0.741. The molecular weight excluding hydrogens is 410 g/mol. The maximum atomic E-state index is 6.13. The smallest absolute Gasteiger partial charge is 0.132 e. The minimum atomic E-state index is 0.363. The van der Waals surface area contributed by atoms with E-state index in [2.05, 4.69) is 16.9 Å². The van der Waals surface area contributed by atoms with Crippen LogP contribution in [-0.2, 0) is 11.2 Å². The van der Waals surface area contributed by atoms with E-state index in [1.807, 2.05) is 6.20 Å². The summed E-state index contributed by atoms with van der Waals surface area (Å²) in [6.45, 7) is 1.66. The lowest BCUT2D eigenvalue weighted by Gasteiger charge is -2.39. The number of hydrogen-bond acceptors (Lipinski definition) is 5. The molecule has 6 heteroatoms. The molecule has 2 unspecified atom stereocenters. The summed E-state index contributed by atoms with van der Waals surface area (Å²) < 4.78 is 8.06. The van der Waals surface area contributed by atoms with Crippen molar-refractivity contribution in [2.24, 2.45) is 23.5 Å². The molecule has 1 saturated heterocycles. The molecule has 0 spiro atoms. The Morgan fingerprint density at radius 2 is 1.85 bits per heavy atom. The van der Waals surface area contributed by atoms with Gasteiger partial charge >= 0.3 is 0 Å². The van der Waals surface area contributed by atoms with Crippen molar-refractivity contribution in [3.8, 4) is 11.3 Å². The predicted molar refractivity (Wildman–Crippen MR) is 129 cm³/mol. The van der Waals surface area contributed by atoms with Crippen molar-refractivity contribution in [3.05, 3.63) is 30.0 Å². The molecule has 6 nitrogen and oxygen atoms in total. The van der Waals surface area contributed by atoms with Gasteiger partial charge in [-0.2, -0.15) is 5.10 Å². The standard InChI is InChI=1S/C27H39N5O/c28-21-8-5-18(6-9-21)14-20-7-10-23(20)27-29-12-11-25(31-27)24-16-30-32(22-2-1-13-33-17-22)26(24)15-19-3-4-19/h11-12,16,18-23H,1-10,13-15,17,28H2/t18?,20?,21?,22-,23?/m0/s1. The fourth-order valence-electron chi connectivity index (χ4n) is 6.38. The van der Waals surface area contributed by atoms with Crippen LogP contribution in [0.3, 0.4) is 0 Å². The summed E-state index contributed by atoms with van der Waals surface area (Å²) in [5, 5.41) is 4.87. The SMILES string of the molecule is NC1CCC(CC2CCC2c2nccc(-c3cnn([C@H]4CCCOC4)c3CC3CC3)n2)CC1. The van der Waals surface area contributed by atoms with Crippen LogP contribution in [0.15, 0.2) is 18.5 Å². The Morgan fingerprint density at radius 3 is 2.58 bits per heavy atom. The third-order valence-electron chi connectivity index (χ3n) is 8.79. The first-order valence-corrected chi connectivity index (χ1v) is 13.5. The molecule has 3 heterocycles. The lowest BCUT2D eigenvalue weighted by atomic mass is 9.67. The molecule has 6 rings (SSSR count). The average molecular weight is 450 g/mol. The van der Waals surface area contributed by atoms with Gasteiger partial charge in [0.1, 0.15) is 5.82 Å². The Morgan fingerprint density at radius 1 is 1.00 bits per heavy atom. The molecule has 0 radical (unpaired) electrons. The van der Waals surface area contributed by atoms with Gasteiger partial charge in [-0.15, -0.1) is 0 Å². The van der Waals surface area contributed by atoms with E-state index in [0.717, 1.165) is 61.7 Å². The Balaban J connectivity index is 1.21. The molecule has 4 aliphatic rings. The van der Waals surface area contributed by atoms with Crippen LogP contribution in [0, 0.1) is 17.8 Å². The number of nitrogens with two attached hydrogens (primary N) is 1. The largest absolute Gasteiger partial charge is 0.379 e. The first-order valence-electron chi connectivity index (χ1n) is 13.5. The Labute approximate surface area is 197 Å². The molecule has 0 amide bonds. The van der Waals surface area contributed by atoms with E-state index in [-0.39, 0.29) is 0 Å². The molecule has 0 bridgehead atoms. The lowest BCUT2D eigenvalue weighted by Crippen LogP contribution is -2.31. The van der Waals surface area contributed by atoms with E-state index in [4.69, 9.17) is 25.5 Å². The number of hydrogen-bond donors (Lipinski definition) is 1.